The van der Waals surface area contributed by atoms with Crippen molar-refractivity contribution in [1.82, 2.24) is 5.32 Å². The van der Waals surface area contributed by atoms with E-state index in [2.05, 4.69) is 31.3 Å². The van der Waals surface area contributed by atoms with Crippen LogP contribution < -0.4 is 10.1 Å². The molecule has 0 saturated carbocycles. The van der Waals surface area contributed by atoms with Gasteiger partial charge in [-0.15, -0.1) is 0 Å². The molecular weight excluding hydrogens is 241 g/mol. The molecule has 1 N–H and O–H groups in total. The summed E-state index contributed by atoms with van der Waals surface area (Å²) in [5.41, 5.74) is 0.963. The maximum atomic E-state index is 13.4. The second kappa shape index (κ2) is 8.70. The van der Waals surface area contributed by atoms with Crippen molar-refractivity contribution < 1.29 is 9.13 Å². The molecule has 0 spiro atoms. The second-order valence-electron chi connectivity index (χ2n) is 5.03. The SMILES string of the molecule is COc1ccc(CC=CCCNCC(C)C)cc1F. The number of ether oxygens (including phenoxy) is 1. The van der Waals surface area contributed by atoms with Crippen molar-refractivity contribution in [2.24, 2.45) is 5.92 Å². The topological polar surface area (TPSA) is 21.3 Å². The maximum Gasteiger partial charge on any atom is 0.165 e. The minimum atomic E-state index is -0.299. The summed E-state index contributed by atoms with van der Waals surface area (Å²) in [6.07, 6.45) is 5.98. The summed E-state index contributed by atoms with van der Waals surface area (Å²) >= 11 is 0. The fourth-order valence-corrected chi connectivity index (χ4v) is 1.75. The van der Waals surface area contributed by atoms with E-state index in [0.29, 0.717) is 11.7 Å². The Bertz CT molecular complexity index is 402. The van der Waals surface area contributed by atoms with Gasteiger partial charge in [0.1, 0.15) is 0 Å². The van der Waals surface area contributed by atoms with Crippen molar-refractivity contribution in [3.8, 4) is 5.75 Å². The van der Waals surface area contributed by atoms with Crippen LogP contribution in [0.25, 0.3) is 0 Å². The fraction of sp³-hybridized carbons (Fsp3) is 0.500. The van der Waals surface area contributed by atoms with E-state index in [1.807, 2.05) is 6.07 Å². The molecule has 0 radical (unpaired) electrons. The first-order valence-electron chi connectivity index (χ1n) is 6.81. The number of benzene rings is 1. The van der Waals surface area contributed by atoms with Crippen LogP contribution in [0.3, 0.4) is 0 Å². The Kier molecular flexibility index (Phi) is 7.19. The van der Waals surface area contributed by atoms with E-state index in [-0.39, 0.29) is 5.82 Å². The predicted molar refractivity (Wildman–Crippen MR) is 78.1 cm³/mol. The molecule has 0 fully saturated rings. The van der Waals surface area contributed by atoms with E-state index < -0.39 is 0 Å². The number of hydrogen-bond donors (Lipinski definition) is 1. The molecule has 0 aliphatic rings. The van der Waals surface area contributed by atoms with Gasteiger partial charge in [0.25, 0.3) is 0 Å². The third kappa shape index (κ3) is 6.39. The molecule has 0 atom stereocenters. The number of nitrogens with one attached hydrogen (secondary N) is 1. The minimum Gasteiger partial charge on any atom is -0.494 e. The Labute approximate surface area is 115 Å². The van der Waals surface area contributed by atoms with E-state index in [1.165, 1.54) is 13.2 Å². The molecule has 0 bridgehead atoms. The first-order chi connectivity index (χ1) is 9.13. The van der Waals surface area contributed by atoms with Crippen molar-refractivity contribution in [3.63, 3.8) is 0 Å². The lowest BCUT2D eigenvalue weighted by Crippen LogP contribution is -2.20. The first-order valence-corrected chi connectivity index (χ1v) is 6.81. The second-order valence-corrected chi connectivity index (χ2v) is 5.03. The average Bonchev–Trinajstić information content (AvgIpc) is 2.37. The number of halogens is 1. The monoisotopic (exact) mass is 265 g/mol. The van der Waals surface area contributed by atoms with Crippen LogP contribution in [0.4, 0.5) is 4.39 Å². The fourth-order valence-electron chi connectivity index (χ4n) is 1.75. The summed E-state index contributed by atoms with van der Waals surface area (Å²) in [4.78, 5) is 0. The molecule has 1 rings (SSSR count). The molecule has 0 saturated heterocycles. The summed E-state index contributed by atoms with van der Waals surface area (Å²) < 4.78 is 18.3. The molecule has 0 heterocycles. The molecule has 1 aromatic carbocycles. The van der Waals surface area contributed by atoms with Gasteiger partial charge in [-0.3, -0.25) is 0 Å². The van der Waals surface area contributed by atoms with Gasteiger partial charge in [0.15, 0.2) is 11.6 Å². The van der Waals surface area contributed by atoms with Gasteiger partial charge in [0.05, 0.1) is 7.11 Å². The van der Waals surface area contributed by atoms with Gasteiger partial charge >= 0.3 is 0 Å². The van der Waals surface area contributed by atoms with Gasteiger partial charge in [-0.2, -0.15) is 0 Å². The van der Waals surface area contributed by atoms with Crippen LogP contribution in [0.15, 0.2) is 30.4 Å². The zero-order chi connectivity index (χ0) is 14.1. The maximum absolute atomic E-state index is 13.4. The van der Waals surface area contributed by atoms with E-state index in [4.69, 9.17) is 4.74 Å². The minimum absolute atomic E-state index is 0.297. The van der Waals surface area contributed by atoms with Crippen LogP contribution in [0.2, 0.25) is 0 Å². The summed E-state index contributed by atoms with van der Waals surface area (Å²) in [6.45, 7) is 6.44. The molecule has 0 aliphatic heterocycles. The summed E-state index contributed by atoms with van der Waals surface area (Å²) in [5.74, 6) is 0.684. The predicted octanol–water partition coefficient (Wildman–Crippen LogP) is 3.57. The van der Waals surface area contributed by atoms with Crippen LogP contribution in [0, 0.1) is 11.7 Å². The molecule has 106 valence electrons. The first kappa shape index (κ1) is 15.7. The highest BCUT2D eigenvalue weighted by atomic mass is 19.1. The van der Waals surface area contributed by atoms with Crippen molar-refractivity contribution in [3.05, 3.63) is 41.7 Å². The van der Waals surface area contributed by atoms with Crippen LogP contribution in [-0.4, -0.2) is 20.2 Å². The van der Waals surface area contributed by atoms with Crippen LogP contribution in [0.5, 0.6) is 5.75 Å². The Morgan fingerprint density at radius 3 is 2.74 bits per heavy atom. The molecule has 0 aliphatic carbocycles. The Morgan fingerprint density at radius 2 is 2.11 bits per heavy atom. The molecule has 1 aromatic rings. The zero-order valence-corrected chi connectivity index (χ0v) is 12.1. The zero-order valence-electron chi connectivity index (χ0n) is 12.1. The van der Waals surface area contributed by atoms with Gasteiger partial charge in [-0.25, -0.2) is 4.39 Å². The van der Waals surface area contributed by atoms with Gasteiger partial charge < -0.3 is 10.1 Å². The smallest absolute Gasteiger partial charge is 0.165 e. The Morgan fingerprint density at radius 1 is 1.32 bits per heavy atom. The number of allylic oxidation sites excluding steroid dienone is 1. The lowest BCUT2D eigenvalue weighted by molar-refractivity contribution is 0.386. The Hall–Kier alpha value is -1.35. The molecular formula is C16H24FNO. The summed E-state index contributed by atoms with van der Waals surface area (Å²) in [6, 6.07) is 5.09. The third-order valence-electron chi connectivity index (χ3n) is 2.78. The van der Waals surface area contributed by atoms with Gasteiger partial charge in [-0.1, -0.05) is 32.1 Å². The van der Waals surface area contributed by atoms with Gasteiger partial charge in [-0.05, 0) is 49.5 Å². The molecule has 3 heteroatoms. The third-order valence-corrected chi connectivity index (χ3v) is 2.78. The number of methoxy groups -OCH3 is 1. The highest BCUT2D eigenvalue weighted by Gasteiger charge is 2.01. The largest absolute Gasteiger partial charge is 0.494 e. The van der Waals surface area contributed by atoms with Crippen LogP contribution >= 0.6 is 0 Å². The van der Waals surface area contributed by atoms with E-state index in [0.717, 1.165) is 31.5 Å². The molecule has 0 aromatic heterocycles. The lowest BCUT2D eigenvalue weighted by atomic mass is 10.1. The van der Waals surface area contributed by atoms with E-state index in [1.54, 1.807) is 6.07 Å². The number of hydrogen-bond acceptors (Lipinski definition) is 2. The van der Waals surface area contributed by atoms with Crippen molar-refractivity contribution in [2.45, 2.75) is 26.7 Å². The van der Waals surface area contributed by atoms with E-state index >= 15 is 0 Å². The van der Waals surface area contributed by atoms with Crippen molar-refractivity contribution >= 4 is 0 Å². The molecule has 0 amide bonds. The lowest BCUT2D eigenvalue weighted by Gasteiger charge is -2.05. The number of rotatable bonds is 8. The average molecular weight is 265 g/mol. The highest BCUT2D eigenvalue weighted by Crippen LogP contribution is 2.18. The van der Waals surface area contributed by atoms with Crippen LogP contribution in [-0.2, 0) is 6.42 Å². The summed E-state index contributed by atoms with van der Waals surface area (Å²) in [7, 11) is 1.47. The standard InChI is InChI=1S/C16H24FNO/c1-13(2)12-18-10-6-4-5-7-14-8-9-16(19-3)15(17)11-14/h4-5,8-9,11,13,18H,6-7,10,12H2,1-3H3. The highest BCUT2D eigenvalue weighted by molar-refractivity contribution is 5.30. The molecule has 19 heavy (non-hydrogen) atoms. The van der Waals surface area contributed by atoms with Crippen molar-refractivity contribution in [2.75, 3.05) is 20.2 Å². The summed E-state index contributed by atoms with van der Waals surface area (Å²) in [5, 5.41) is 3.38. The van der Waals surface area contributed by atoms with Crippen LogP contribution in [0.1, 0.15) is 25.8 Å². The van der Waals surface area contributed by atoms with Gasteiger partial charge in [0.2, 0.25) is 0 Å². The normalized spacial score (nSPS) is 11.4. The molecule has 0 unspecified atom stereocenters. The van der Waals surface area contributed by atoms with Gasteiger partial charge in [0, 0.05) is 0 Å². The van der Waals surface area contributed by atoms with Crippen molar-refractivity contribution in [1.29, 1.82) is 0 Å². The molecule has 2 nitrogen and oxygen atoms in total. The quantitative estimate of drug-likeness (QED) is 0.573. The van der Waals surface area contributed by atoms with E-state index in [9.17, 15) is 4.39 Å². The Balaban J connectivity index is 2.26.